The third kappa shape index (κ3) is 2.73. The zero-order valence-corrected chi connectivity index (χ0v) is 15.5. The van der Waals surface area contributed by atoms with Gasteiger partial charge < -0.3 is 0 Å². The zero-order valence-electron chi connectivity index (χ0n) is 14.7. The van der Waals surface area contributed by atoms with Gasteiger partial charge >= 0.3 is 0 Å². The lowest BCUT2D eigenvalue weighted by Crippen LogP contribution is -2.39. The number of benzene rings is 2. The Morgan fingerprint density at radius 3 is 2.37 bits per heavy atom. The highest BCUT2D eigenvalue weighted by atomic mass is 35.5. The molecule has 7 heteroatoms. The van der Waals surface area contributed by atoms with Gasteiger partial charge in [-0.05, 0) is 48.9 Å². The van der Waals surface area contributed by atoms with Crippen molar-refractivity contribution in [3.05, 3.63) is 59.1 Å². The van der Waals surface area contributed by atoms with E-state index in [0.717, 1.165) is 10.5 Å². The van der Waals surface area contributed by atoms with Crippen molar-refractivity contribution in [3.63, 3.8) is 0 Å². The van der Waals surface area contributed by atoms with Gasteiger partial charge in [-0.25, -0.2) is 4.90 Å². The molecule has 2 aliphatic heterocycles. The molecule has 136 valence electrons. The molecule has 4 rings (SSSR count). The molecule has 27 heavy (non-hydrogen) atoms. The monoisotopic (exact) mass is 381 g/mol. The van der Waals surface area contributed by atoms with E-state index >= 15 is 0 Å². The van der Waals surface area contributed by atoms with Crippen molar-refractivity contribution in [2.45, 2.75) is 19.9 Å². The van der Waals surface area contributed by atoms with Gasteiger partial charge in [-0.3, -0.25) is 19.4 Å². The van der Waals surface area contributed by atoms with Gasteiger partial charge in [0.05, 0.1) is 11.4 Å². The summed E-state index contributed by atoms with van der Waals surface area (Å²) in [6.45, 7) is 3.28. The number of carbonyl (C=O) groups excluding carboxylic acids is 3. The van der Waals surface area contributed by atoms with Crippen molar-refractivity contribution in [2.75, 3.05) is 9.91 Å². The molecule has 2 amide bonds. The van der Waals surface area contributed by atoms with Crippen LogP contribution in [0.4, 0.5) is 11.4 Å². The number of hydrogen-bond donors (Lipinski definition) is 0. The van der Waals surface area contributed by atoms with Gasteiger partial charge in [0.2, 0.25) is 5.91 Å². The fourth-order valence-electron chi connectivity index (χ4n) is 3.53. The van der Waals surface area contributed by atoms with Crippen LogP contribution in [0.1, 0.15) is 12.5 Å². The molecule has 2 aromatic carbocycles. The Morgan fingerprint density at radius 1 is 1.04 bits per heavy atom. The predicted octanol–water partition coefficient (Wildman–Crippen LogP) is 2.97. The second-order valence-corrected chi connectivity index (χ2v) is 7.07. The Morgan fingerprint density at radius 2 is 1.74 bits per heavy atom. The third-order valence-corrected chi connectivity index (χ3v) is 5.01. The number of nitrogens with zero attached hydrogens (tertiary/aromatic N) is 3. The van der Waals surface area contributed by atoms with Crippen LogP contribution in [-0.2, 0) is 14.4 Å². The van der Waals surface area contributed by atoms with Gasteiger partial charge in [0.1, 0.15) is 17.7 Å². The van der Waals surface area contributed by atoms with E-state index in [1.165, 1.54) is 11.9 Å². The molecule has 0 aliphatic carbocycles. The van der Waals surface area contributed by atoms with Crippen LogP contribution in [0, 0.1) is 12.8 Å². The maximum absolute atomic E-state index is 13.2. The summed E-state index contributed by atoms with van der Waals surface area (Å²) in [5.74, 6) is -2.09. The van der Waals surface area contributed by atoms with Crippen molar-refractivity contribution < 1.29 is 14.4 Å². The summed E-state index contributed by atoms with van der Waals surface area (Å²) >= 11 is 5.91. The molecule has 0 spiro atoms. The number of rotatable bonds is 3. The van der Waals surface area contributed by atoms with Crippen LogP contribution >= 0.6 is 11.6 Å². The summed E-state index contributed by atoms with van der Waals surface area (Å²) < 4.78 is 0. The molecule has 6 nitrogen and oxygen atoms in total. The number of halogens is 1. The number of hydrogen-bond acceptors (Lipinski definition) is 5. The minimum Gasteiger partial charge on any atom is -0.293 e. The van der Waals surface area contributed by atoms with Gasteiger partial charge in [0.25, 0.3) is 5.91 Å². The van der Waals surface area contributed by atoms with E-state index in [2.05, 4.69) is 5.10 Å². The van der Waals surface area contributed by atoms with Crippen molar-refractivity contribution in [1.29, 1.82) is 0 Å². The molecule has 0 N–H and O–H groups in total. The van der Waals surface area contributed by atoms with Crippen molar-refractivity contribution in [3.8, 4) is 0 Å². The zero-order chi connectivity index (χ0) is 19.3. The van der Waals surface area contributed by atoms with Gasteiger partial charge in [-0.15, -0.1) is 0 Å². The molecule has 0 radical (unpaired) electrons. The molecular formula is C20H16ClN3O3. The van der Waals surface area contributed by atoms with Gasteiger partial charge in [-0.1, -0.05) is 23.7 Å². The quantitative estimate of drug-likeness (QED) is 0.766. The lowest BCUT2D eigenvalue weighted by atomic mass is 9.95. The lowest BCUT2D eigenvalue weighted by molar-refractivity contribution is -0.122. The lowest BCUT2D eigenvalue weighted by Gasteiger charge is -2.22. The van der Waals surface area contributed by atoms with E-state index in [0.29, 0.717) is 16.4 Å². The van der Waals surface area contributed by atoms with Gasteiger partial charge in [0, 0.05) is 11.9 Å². The molecule has 1 saturated heterocycles. The van der Waals surface area contributed by atoms with Crippen molar-refractivity contribution in [1.82, 2.24) is 0 Å². The summed E-state index contributed by atoms with van der Waals surface area (Å²) in [6.07, 6.45) is 0. The molecule has 0 bridgehead atoms. The van der Waals surface area contributed by atoms with Crippen LogP contribution < -0.4 is 9.91 Å². The summed E-state index contributed by atoms with van der Waals surface area (Å²) in [6, 6.07) is 13.0. The van der Waals surface area contributed by atoms with Gasteiger partial charge in [-0.2, -0.15) is 5.10 Å². The third-order valence-electron chi connectivity index (χ3n) is 4.76. The van der Waals surface area contributed by atoms with Crippen LogP contribution in [0.5, 0.6) is 0 Å². The normalized spacial score (nSPS) is 21.5. The van der Waals surface area contributed by atoms with Crippen LogP contribution in [-0.4, -0.2) is 29.4 Å². The molecule has 0 saturated carbocycles. The SMILES string of the molecule is CC(=O)C1=NN(c2cccc(C)c2)C2C(=O)N(c3ccc(Cl)cc3)C(=O)C12. The summed E-state index contributed by atoms with van der Waals surface area (Å²) in [4.78, 5) is 39.5. The van der Waals surface area contributed by atoms with Crippen molar-refractivity contribution in [2.24, 2.45) is 11.0 Å². The van der Waals surface area contributed by atoms with E-state index in [1.807, 2.05) is 25.1 Å². The topological polar surface area (TPSA) is 70.1 Å². The van der Waals surface area contributed by atoms with Gasteiger partial charge in [0.15, 0.2) is 5.78 Å². The van der Waals surface area contributed by atoms with E-state index in [-0.39, 0.29) is 11.5 Å². The largest absolute Gasteiger partial charge is 0.293 e. The predicted molar refractivity (Wildman–Crippen MR) is 103 cm³/mol. The highest BCUT2D eigenvalue weighted by Crippen LogP contribution is 2.38. The minimum atomic E-state index is -0.911. The van der Waals surface area contributed by atoms with E-state index in [4.69, 9.17) is 11.6 Å². The number of aryl methyl sites for hydroxylation is 1. The Hall–Kier alpha value is -2.99. The number of imide groups is 1. The highest BCUT2D eigenvalue weighted by molar-refractivity contribution is 6.48. The molecule has 2 unspecified atom stereocenters. The van der Waals surface area contributed by atoms with Crippen LogP contribution in [0.25, 0.3) is 0 Å². The molecule has 2 heterocycles. The summed E-state index contributed by atoms with van der Waals surface area (Å²) in [7, 11) is 0. The first-order valence-corrected chi connectivity index (χ1v) is 8.85. The number of anilines is 2. The smallest absolute Gasteiger partial charge is 0.259 e. The average Bonchev–Trinajstić information content (AvgIpc) is 3.14. The second kappa shape index (κ2) is 6.32. The van der Waals surface area contributed by atoms with E-state index in [9.17, 15) is 14.4 Å². The minimum absolute atomic E-state index is 0.108. The fourth-order valence-corrected chi connectivity index (χ4v) is 3.66. The molecule has 1 fully saturated rings. The molecule has 0 aromatic heterocycles. The maximum Gasteiger partial charge on any atom is 0.259 e. The summed E-state index contributed by atoms with van der Waals surface area (Å²) in [5.41, 5.74) is 2.19. The molecule has 2 aliphatic rings. The summed E-state index contributed by atoms with van der Waals surface area (Å²) in [5, 5.41) is 6.33. The first-order valence-electron chi connectivity index (χ1n) is 8.47. The fraction of sp³-hybridized carbons (Fsp3) is 0.200. The number of Topliss-reactive ketones (excluding diaryl/α,β-unsaturated/α-hetero) is 1. The number of amides is 2. The Labute approximate surface area is 161 Å². The Kier molecular flexibility index (Phi) is 4.08. The number of ketones is 1. The van der Waals surface area contributed by atoms with Crippen LogP contribution in [0.2, 0.25) is 5.02 Å². The van der Waals surface area contributed by atoms with Crippen LogP contribution in [0.15, 0.2) is 53.6 Å². The number of fused-ring (bicyclic) bond motifs is 1. The highest BCUT2D eigenvalue weighted by Gasteiger charge is 2.58. The molecule has 2 aromatic rings. The van der Waals surface area contributed by atoms with Crippen molar-refractivity contribution >= 4 is 46.3 Å². The van der Waals surface area contributed by atoms with E-state index < -0.39 is 23.8 Å². The number of carbonyl (C=O) groups is 3. The first-order chi connectivity index (χ1) is 12.9. The average molecular weight is 382 g/mol. The second-order valence-electron chi connectivity index (χ2n) is 6.64. The van der Waals surface area contributed by atoms with Crippen LogP contribution in [0.3, 0.4) is 0 Å². The Bertz CT molecular complexity index is 1000. The maximum atomic E-state index is 13.2. The number of hydrazone groups is 1. The standard InChI is InChI=1S/C20H16ClN3O3/c1-11-4-3-5-15(10-11)24-18-16(17(22-24)12(2)25)19(26)23(20(18)27)14-8-6-13(21)7-9-14/h3-10,16,18H,1-2H3. The molecular weight excluding hydrogens is 366 g/mol. The first kappa shape index (κ1) is 17.4. The van der Waals surface area contributed by atoms with E-state index in [1.54, 1.807) is 30.3 Å². The molecule has 2 atom stereocenters. The Balaban J connectivity index is 1.80.